The molecule has 8 aromatic rings. The molecule has 0 N–H and O–H groups in total. The van der Waals surface area contributed by atoms with Gasteiger partial charge in [-0.25, -0.2) is 14.6 Å². The minimum absolute atomic E-state index is 0.723. The second-order valence-electron chi connectivity index (χ2n) is 11.9. The van der Waals surface area contributed by atoms with E-state index >= 15 is 0 Å². The Morgan fingerprint density at radius 3 is 2.38 bits per heavy atom. The standard InChI is InChI=1S/C40H34N6O2/c1-5-28-20-30(46-40(44-19-18-41-25-44)39(27(3)43-46)29-12-10-26(2)11-13-29)22-33(21-28)48-32-14-15-35-34-8-6-7-9-36(34)45(37(35)23-32)38-24-31(47-4)16-17-42-38/h6-25H,5H2,1-4H3. The highest BCUT2D eigenvalue weighted by Crippen LogP contribution is 2.37. The molecular weight excluding hydrogens is 596 g/mol. The van der Waals surface area contributed by atoms with Crippen molar-refractivity contribution >= 4 is 21.8 Å². The average molecular weight is 631 g/mol. The van der Waals surface area contributed by atoms with Gasteiger partial charge in [0.1, 0.15) is 35.2 Å². The molecule has 4 aromatic heterocycles. The van der Waals surface area contributed by atoms with Gasteiger partial charge in [0.05, 0.1) is 29.5 Å². The SMILES string of the molecule is CCc1cc(Oc2ccc3c4ccccc4n(-c4cc(OC)ccn4)c3c2)cc(-n2nc(C)c(-c3ccc(C)cc3)c2-n2ccnc2)c1. The number of ether oxygens (including phenoxy) is 2. The zero-order valence-corrected chi connectivity index (χ0v) is 27.3. The Hall–Kier alpha value is -6.15. The van der Waals surface area contributed by atoms with Crippen LogP contribution in [-0.4, -0.2) is 36.0 Å². The molecule has 0 fully saturated rings. The predicted molar refractivity (Wildman–Crippen MR) is 190 cm³/mol. The first kappa shape index (κ1) is 29.3. The summed E-state index contributed by atoms with van der Waals surface area (Å²) in [5, 5.41) is 7.34. The summed E-state index contributed by atoms with van der Waals surface area (Å²) in [5.41, 5.74) is 8.40. The molecule has 0 amide bonds. The van der Waals surface area contributed by atoms with Crippen LogP contribution in [-0.2, 0) is 6.42 Å². The number of imidazole rings is 1. The monoisotopic (exact) mass is 630 g/mol. The number of benzene rings is 4. The maximum atomic E-state index is 6.67. The van der Waals surface area contributed by atoms with Crippen LogP contribution in [0.5, 0.6) is 17.2 Å². The molecule has 8 rings (SSSR count). The largest absolute Gasteiger partial charge is 0.497 e. The maximum absolute atomic E-state index is 6.67. The first-order valence-electron chi connectivity index (χ1n) is 16.0. The summed E-state index contributed by atoms with van der Waals surface area (Å²) in [6, 6.07) is 33.3. The average Bonchev–Trinajstić information content (AvgIpc) is 3.85. The summed E-state index contributed by atoms with van der Waals surface area (Å²) in [7, 11) is 1.67. The molecule has 0 aliphatic heterocycles. The molecule has 0 aliphatic carbocycles. The smallest absolute Gasteiger partial charge is 0.149 e. The predicted octanol–water partition coefficient (Wildman–Crippen LogP) is 9.20. The third-order valence-electron chi connectivity index (χ3n) is 8.79. The van der Waals surface area contributed by atoms with E-state index < -0.39 is 0 Å². The molecule has 8 heteroatoms. The van der Waals surface area contributed by atoms with Gasteiger partial charge in [-0.15, -0.1) is 0 Å². The van der Waals surface area contributed by atoms with Crippen molar-refractivity contribution in [2.45, 2.75) is 27.2 Å². The summed E-state index contributed by atoms with van der Waals surface area (Å²) >= 11 is 0. The summed E-state index contributed by atoms with van der Waals surface area (Å²) < 4.78 is 18.4. The van der Waals surface area contributed by atoms with Crippen molar-refractivity contribution in [3.05, 3.63) is 139 Å². The molecule has 0 unspecified atom stereocenters. The fourth-order valence-corrected chi connectivity index (χ4v) is 6.45. The molecule has 0 saturated heterocycles. The maximum Gasteiger partial charge on any atom is 0.149 e. The van der Waals surface area contributed by atoms with E-state index in [-0.39, 0.29) is 0 Å². The van der Waals surface area contributed by atoms with Gasteiger partial charge in [0, 0.05) is 53.1 Å². The molecule has 0 aliphatic rings. The Kier molecular flexibility index (Phi) is 7.25. The second-order valence-corrected chi connectivity index (χ2v) is 11.9. The van der Waals surface area contributed by atoms with Crippen molar-refractivity contribution < 1.29 is 9.47 Å². The topological polar surface area (TPSA) is 71.9 Å². The molecule has 236 valence electrons. The van der Waals surface area contributed by atoms with Crippen molar-refractivity contribution in [2.75, 3.05) is 7.11 Å². The fraction of sp³-hybridized carbons (Fsp3) is 0.125. The van der Waals surface area contributed by atoms with E-state index in [0.717, 1.165) is 85.2 Å². The molecule has 0 spiro atoms. The molecule has 8 nitrogen and oxygen atoms in total. The summed E-state index contributed by atoms with van der Waals surface area (Å²) in [6.07, 6.45) is 8.17. The molecule has 0 saturated carbocycles. The van der Waals surface area contributed by atoms with Crippen LogP contribution in [0.25, 0.3) is 50.3 Å². The Labute approximate surface area is 278 Å². The number of pyridine rings is 1. The second kappa shape index (κ2) is 11.9. The highest BCUT2D eigenvalue weighted by molar-refractivity contribution is 6.09. The number of nitrogens with zero attached hydrogens (tertiary/aromatic N) is 6. The van der Waals surface area contributed by atoms with Crippen LogP contribution in [0, 0.1) is 13.8 Å². The number of aromatic nitrogens is 6. The van der Waals surface area contributed by atoms with Crippen LogP contribution in [0.15, 0.2) is 122 Å². The Morgan fingerprint density at radius 2 is 1.58 bits per heavy atom. The Balaban J connectivity index is 1.25. The van der Waals surface area contributed by atoms with E-state index in [2.05, 4.69) is 97.1 Å². The van der Waals surface area contributed by atoms with Crippen LogP contribution < -0.4 is 9.47 Å². The molecule has 4 aromatic carbocycles. The molecule has 48 heavy (non-hydrogen) atoms. The molecule has 0 bridgehead atoms. The molecule has 4 heterocycles. The first-order valence-corrected chi connectivity index (χ1v) is 16.0. The van der Waals surface area contributed by atoms with Crippen LogP contribution in [0.4, 0.5) is 0 Å². The number of hydrogen-bond donors (Lipinski definition) is 0. The quantitative estimate of drug-likeness (QED) is 0.167. The van der Waals surface area contributed by atoms with Crippen molar-refractivity contribution in [3.63, 3.8) is 0 Å². The lowest BCUT2D eigenvalue weighted by Gasteiger charge is -2.14. The molecule has 0 atom stereocenters. The lowest BCUT2D eigenvalue weighted by molar-refractivity contribution is 0.414. The third-order valence-corrected chi connectivity index (χ3v) is 8.79. The zero-order chi connectivity index (χ0) is 32.8. The fourth-order valence-electron chi connectivity index (χ4n) is 6.45. The Bertz CT molecular complexity index is 2420. The van der Waals surface area contributed by atoms with Crippen molar-refractivity contribution in [1.29, 1.82) is 0 Å². The van der Waals surface area contributed by atoms with E-state index in [1.165, 1.54) is 5.56 Å². The van der Waals surface area contributed by atoms with Gasteiger partial charge >= 0.3 is 0 Å². The van der Waals surface area contributed by atoms with Crippen molar-refractivity contribution in [3.8, 4) is 45.7 Å². The molecule has 0 radical (unpaired) electrons. The number of hydrogen-bond acceptors (Lipinski definition) is 5. The molecular formula is C40H34N6O2. The van der Waals surface area contributed by atoms with Crippen molar-refractivity contribution in [1.82, 2.24) is 28.9 Å². The van der Waals surface area contributed by atoms with E-state index in [1.54, 1.807) is 19.5 Å². The van der Waals surface area contributed by atoms with E-state index in [1.807, 2.05) is 52.1 Å². The number of aryl methyl sites for hydroxylation is 3. The van der Waals surface area contributed by atoms with Gasteiger partial charge in [-0.2, -0.15) is 5.10 Å². The number of methoxy groups -OCH3 is 1. The first-order chi connectivity index (χ1) is 23.5. The van der Waals surface area contributed by atoms with Crippen molar-refractivity contribution in [2.24, 2.45) is 0 Å². The van der Waals surface area contributed by atoms with Gasteiger partial charge in [0.25, 0.3) is 0 Å². The lowest BCUT2D eigenvalue weighted by Crippen LogP contribution is -2.06. The minimum atomic E-state index is 0.723. The highest BCUT2D eigenvalue weighted by atomic mass is 16.5. The van der Waals surface area contributed by atoms with E-state index in [0.29, 0.717) is 0 Å². The van der Waals surface area contributed by atoms with Gasteiger partial charge in [-0.05, 0) is 67.8 Å². The van der Waals surface area contributed by atoms with Crippen LogP contribution in [0.2, 0.25) is 0 Å². The summed E-state index contributed by atoms with van der Waals surface area (Å²) in [4.78, 5) is 9.06. The van der Waals surface area contributed by atoms with Crippen LogP contribution in [0.3, 0.4) is 0 Å². The summed E-state index contributed by atoms with van der Waals surface area (Å²) in [6.45, 7) is 6.30. The normalized spacial score (nSPS) is 11.4. The van der Waals surface area contributed by atoms with Crippen LogP contribution >= 0.6 is 0 Å². The lowest BCUT2D eigenvalue weighted by atomic mass is 10.0. The van der Waals surface area contributed by atoms with Gasteiger partial charge < -0.3 is 9.47 Å². The van der Waals surface area contributed by atoms with Gasteiger partial charge in [-0.3, -0.25) is 9.13 Å². The van der Waals surface area contributed by atoms with E-state index in [4.69, 9.17) is 19.6 Å². The number of rotatable bonds is 8. The third kappa shape index (κ3) is 5.08. The van der Waals surface area contributed by atoms with Crippen LogP contribution in [0.1, 0.15) is 23.7 Å². The van der Waals surface area contributed by atoms with Gasteiger partial charge in [0.15, 0.2) is 0 Å². The van der Waals surface area contributed by atoms with Gasteiger partial charge in [0.2, 0.25) is 0 Å². The van der Waals surface area contributed by atoms with E-state index in [9.17, 15) is 0 Å². The number of para-hydroxylation sites is 1. The Morgan fingerprint density at radius 1 is 0.750 bits per heavy atom. The number of fused-ring (bicyclic) bond motifs is 3. The van der Waals surface area contributed by atoms with Gasteiger partial charge in [-0.1, -0.05) is 55.0 Å². The minimum Gasteiger partial charge on any atom is -0.497 e. The summed E-state index contributed by atoms with van der Waals surface area (Å²) in [5.74, 6) is 3.90. The zero-order valence-electron chi connectivity index (χ0n) is 27.3. The highest BCUT2D eigenvalue weighted by Gasteiger charge is 2.21.